The summed E-state index contributed by atoms with van der Waals surface area (Å²) in [5.74, 6) is -0.309. The molecule has 0 atom stereocenters. The van der Waals surface area contributed by atoms with Gasteiger partial charge < -0.3 is 0 Å². The van der Waals surface area contributed by atoms with Gasteiger partial charge in [-0.25, -0.2) is 4.98 Å². The number of aryl methyl sites for hydroxylation is 1. The zero-order valence-corrected chi connectivity index (χ0v) is 9.91. The predicted octanol–water partition coefficient (Wildman–Crippen LogP) is 2.58. The third-order valence-electron chi connectivity index (χ3n) is 2.13. The molecule has 0 spiro atoms. The lowest BCUT2D eigenvalue weighted by Gasteiger charge is -2.02. The molecule has 0 saturated carbocycles. The van der Waals surface area contributed by atoms with E-state index in [0.717, 1.165) is 5.69 Å². The molecule has 1 N–H and O–H groups in total. The van der Waals surface area contributed by atoms with Gasteiger partial charge in [0.2, 0.25) is 0 Å². The fourth-order valence-corrected chi connectivity index (χ4v) is 2.04. The SMILES string of the molecule is Cc1csc(NC(=O)c2ccccc2C#N)n1. The van der Waals surface area contributed by atoms with Crippen LogP contribution in [0.5, 0.6) is 0 Å². The van der Waals surface area contributed by atoms with Crippen molar-refractivity contribution in [2.24, 2.45) is 0 Å². The van der Waals surface area contributed by atoms with Crippen LogP contribution in [0.3, 0.4) is 0 Å². The predicted molar refractivity (Wildman–Crippen MR) is 66.0 cm³/mol. The van der Waals surface area contributed by atoms with E-state index in [1.807, 2.05) is 18.4 Å². The summed E-state index contributed by atoms with van der Waals surface area (Å²) in [6, 6.07) is 8.67. The molecular weight excluding hydrogens is 234 g/mol. The molecule has 0 aliphatic heterocycles. The highest BCUT2D eigenvalue weighted by molar-refractivity contribution is 7.13. The molecule has 1 aromatic heterocycles. The molecule has 84 valence electrons. The Labute approximate surface area is 103 Å². The van der Waals surface area contributed by atoms with Gasteiger partial charge in [-0.1, -0.05) is 12.1 Å². The summed E-state index contributed by atoms with van der Waals surface area (Å²) in [5.41, 5.74) is 1.58. The van der Waals surface area contributed by atoms with Crippen molar-refractivity contribution < 1.29 is 4.79 Å². The zero-order chi connectivity index (χ0) is 12.3. The van der Waals surface area contributed by atoms with Gasteiger partial charge in [0.05, 0.1) is 22.9 Å². The lowest BCUT2D eigenvalue weighted by Crippen LogP contribution is -2.13. The maximum absolute atomic E-state index is 11.9. The Hall–Kier alpha value is -2.19. The van der Waals surface area contributed by atoms with Gasteiger partial charge in [0.25, 0.3) is 5.91 Å². The summed E-state index contributed by atoms with van der Waals surface area (Å²) in [6.45, 7) is 1.86. The molecule has 0 unspecified atom stereocenters. The zero-order valence-electron chi connectivity index (χ0n) is 9.10. The van der Waals surface area contributed by atoms with Crippen LogP contribution in [-0.4, -0.2) is 10.9 Å². The molecule has 0 aliphatic rings. The number of nitrogens with zero attached hydrogens (tertiary/aromatic N) is 2. The molecule has 0 bridgehead atoms. The molecule has 1 aromatic carbocycles. The van der Waals surface area contributed by atoms with E-state index >= 15 is 0 Å². The minimum Gasteiger partial charge on any atom is -0.298 e. The summed E-state index contributed by atoms with van der Waals surface area (Å²) in [6.07, 6.45) is 0. The Bertz CT molecular complexity index is 598. The minimum absolute atomic E-state index is 0.309. The maximum Gasteiger partial charge on any atom is 0.258 e. The number of hydrogen-bond acceptors (Lipinski definition) is 4. The van der Waals surface area contributed by atoms with E-state index in [0.29, 0.717) is 16.3 Å². The first-order valence-electron chi connectivity index (χ1n) is 4.93. The van der Waals surface area contributed by atoms with E-state index in [-0.39, 0.29) is 5.91 Å². The van der Waals surface area contributed by atoms with Crippen molar-refractivity contribution in [1.82, 2.24) is 4.98 Å². The molecular formula is C12H9N3OS. The lowest BCUT2D eigenvalue weighted by molar-refractivity contribution is 0.102. The molecule has 2 aromatic rings. The van der Waals surface area contributed by atoms with Crippen LogP contribution < -0.4 is 5.32 Å². The first-order chi connectivity index (χ1) is 8.20. The normalized spacial score (nSPS) is 9.65. The number of carbonyl (C=O) groups is 1. The Kier molecular flexibility index (Phi) is 3.17. The number of carbonyl (C=O) groups excluding carboxylic acids is 1. The average molecular weight is 243 g/mol. The van der Waals surface area contributed by atoms with E-state index in [1.54, 1.807) is 24.3 Å². The quantitative estimate of drug-likeness (QED) is 0.881. The number of anilines is 1. The highest BCUT2D eigenvalue weighted by Crippen LogP contribution is 2.16. The van der Waals surface area contributed by atoms with Crippen LogP contribution in [0.2, 0.25) is 0 Å². The van der Waals surface area contributed by atoms with Crippen molar-refractivity contribution in [3.8, 4) is 6.07 Å². The molecule has 0 radical (unpaired) electrons. The second-order valence-corrected chi connectivity index (χ2v) is 4.26. The van der Waals surface area contributed by atoms with Crippen LogP contribution >= 0.6 is 11.3 Å². The fraction of sp³-hybridized carbons (Fsp3) is 0.0833. The van der Waals surface area contributed by atoms with Gasteiger partial charge in [-0.2, -0.15) is 5.26 Å². The van der Waals surface area contributed by atoms with Gasteiger partial charge in [-0.15, -0.1) is 11.3 Å². The molecule has 4 nitrogen and oxygen atoms in total. The van der Waals surface area contributed by atoms with E-state index in [1.165, 1.54) is 11.3 Å². The van der Waals surface area contributed by atoms with Crippen molar-refractivity contribution >= 4 is 22.4 Å². The smallest absolute Gasteiger partial charge is 0.258 e. The number of amides is 1. The number of benzene rings is 1. The van der Waals surface area contributed by atoms with Gasteiger partial charge >= 0.3 is 0 Å². The molecule has 5 heteroatoms. The number of thiazole rings is 1. The van der Waals surface area contributed by atoms with E-state index < -0.39 is 0 Å². The van der Waals surface area contributed by atoms with Crippen LogP contribution in [0.1, 0.15) is 21.6 Å². The first kappa shape index (κ1) is 11.3. The second kappa shape index (κ2) is 4.76. The summed E-state index contributed by atoms with van der Waals surface area (Å²) in [7, 11) is 0. The van der Waals surface area contributed by atoms with Gasteiger partial charge in [-0.3, -0.25) is 10.1 Å². The summed E-state index contributed by atoms with van der Waals surface area (Å²) in [4.78, 5) is 16.0. The van der Waals surface area contributed by atoms with Crippen LogP contribution in [0.4, 0.5) is 5.13 Å². The number of rotatable bonds is 2. The van der Waals surface area contributed by atoms with Crippen molar-refractivity contribution in [2.45, 2.75) is 6.92 Å². The third kappa shape index (κ3) is 2.49. The number of nitrogens with one attached hydrogen (secondary N) is 1. The van der Waals surface area contributed by atoms with E-state index in [9.17, 15) is 4.79 Å². The molecule has 1 amide bonds. The number of hydrogen-bond donors (Lipinski definition) is 1. The monoisotopic (exact) mass is 243 g/mol. The largest absolute Gasteiger partial charge is 0.298 e. The Morgan fingerprint density at radius 2 is 2.24 bits per heavy atom. The highest BCUT2D eigenvalue weighted by atomic mass is 32.1. The Balaban J connectivity index is 2.23. The van der Waals surface area contributed by atoms with Crippen LogP contribution in [0.25, 0.3) is 0 Å². The molecule has 0 fully saturated rings. The van der Waals surface area contributed by atoms with Crippen molar-refractivity contribution in [2.75, 3.05) is 5.32 Å². The Morgan fingerprint density at radius 3 is 2.88 bits per heavy atom. The van der Waals surface area contributed by atoms with Crippen LogP contribution in [0.15, 0.2) is 29.6 Å². The van der Waals surface area contributed by atoms with Crippen LogP contribution in [0, 0.1) is 18.3 Å². The van der Waals surface area contributed by atoms with Crippen molar-refractivity contribution in [3.63, 3.8) is 0 Å². The highest BCUT2D eigenvalue weighted by Gasteiger charge is 2.11. The van der Waals surface area contributed by atoms with Gasteiger partial charge in [-0.05, 0) is 19.1 Å². The molecule has 0 saturated heterocycles. The van der Waals surface area contributed by atoms with Crippen molar-refractivity contribution in [3.05, 3.63) is 46.5 Å². The summed E-state index contributed by atoms with van der Waals surface area (Å²) < 4.78 is 0. The van der Waals surface area contributed by atoms with E-state index in [2.05, 4.69) is 10.3 Å². The van der Waals surface area contributed by atoms with Crippen LogP contribution in [-0.2, 0) is 0 Å². The number of aromatic nitrogens is 1. The molecule has 17 heavy (non-hydrogen) atoms. The fourth-order valence-electron chi connectivity index (χ4n) is 1.35. The Morgan fingerprint density at radius 1 is 1.47 bits per heavy atom. The maximum atomic E-state index is 11.9. The second-order valence-electron chi connectivity index (χ2n) is 3.41. The van der Waals surface area contributed by atoms with Crippen molar-refractivity contribution in [1.29, 1.82) is 5.26 Å². The minimum atomic E-state index is -0.309. The van der Waals surface area contributed by atoms with Gasteiger partial charge in [0.15, 0.2) is 5.13 Å². The summed E-state index contributed by atoms with van der Waals surface area (Å²) >= 11 is 1.36. The standard InChI is InChI=1S/C12H9N3OS/c1-8-7-17-12(14-8)15-11(16)10-5-3-2-4-9(10)6-13/h2-5,7H,1H3,(H,14,15,16). The number of nitriles is 1. The molecule has 2 rings (SSSR count). The molecule has 0 aliphatic carbocycles. The summed E-state index contributed by atoms with van der Waals surface area (Å²) in [5, 5.41) is 14.0. The third-order valence-corrected chi connectivity index (χ3v) is 3.01. The molecule has 1 heterocycles. The average Bonchev–Trinajstić information content (AvgIpc) is 2.74. The van der Waals surface area contributed by atoms with Gasteiger partial charge in [0, 0.05) is 5.38 Å². The first-order valence-corrected chi connectivity index (χ1v) is 5.81. The topological polar surface area (TPSA) is 65.8 Å². The van der Waals surface area contributed by atoms with Gasteiger partial charge in [0.1, 0.15) is 0 Å². The van der Waals surface area contributed by atoms with E-state index in [4.69, 9.17) is 5.26 Å². The lowest BCUT2D eigenvalue weighted by atomic mass is 10.1.